The molecule has 15 aromatic heterocycles. The van der Waals surface area contributed by atoms with Crippen LogP contribution in [0.3, 0.4) is 0 Å². The summed E-state index contributed by atoms with van der Waals surface area (Å²) in [7, 11) is -42.0. The van der Waals surface area contributed by atoms with Gasteiger partial charge in [0.05, 0.1) is 86.5 Å². The summed E-state index contributed by atoms with van der Waals surface area (Å²) < 4.78 is 286. The van der Waals surface area contributed by atoms with Crippen molar-refractivity contribution in [2.45, 2.75) is 60.0 Å². The molecule has 734 valence electrons. The van der Waals surface area contributed by atoms with Crippen LogP contribution in [-0.2, 0) is 73.4 Å². The Hall–Kier alpha value is -14.6. The average molecular weight is 2060 g/mol. The second-order valence-electron chi connectivity index (χ2n) is 26.0. The van der Waals surface area contributed by atoms with E-state index in [1.807, 2.05) is 183 Å². The standard InChI is InChI=1S/3C25H21N6.3C2H3N.7BF4.2Fe/c3*1-3-11-26-22(5-1)24-9-7-20(15-28-24)17-30-13-14-31(19-30)18-21-8-10-25(29-16-21)23-6-2-4-12-27-23;3*1-2-3;7*2-1(3,4)5;;/h3*1-16,19H,17-18H2;3*1H3;;;;;;;;;/q3*+1;;;;7*-1;2*+2. The molecule has 139 heavy (non-hydrogen) atoms. The van der Waals surface area contributed by atoms with Crippen molar-refractivity contribution in [3.8, 4) is 86.5 Å². The van der Waals surface area contributed by atoms with Crippen LogP contribution in [0.5, 0.6) is 0 Å². The molecule has 0 atom stereocenters. The Morgan fingerprint density at radius 3 is 0.482 bits per heavy atom. The largest absolute Gasteiger partial charge is 2.00 e. The molecule has 0 amide bonds. The maximum Gasteiger partial charge on any atom is 2.00 e. The molecule has 0 saturated heterocycles. The predicted octanol–water partition coefficient (Wildman–Crippen LogP) is 22.0. The molecular formula is C81H72B7F28Fe2N21. The van der Waals surface area contributed by atoms with E-state index in [1.165, 1.54) is 20.8 Å². The number of nitriles is 3. The van der Waals surface area contributed by atoms with Gasteiger partial charge >= 0.3 is 84.9 Å². The van der Waals surface area contributed by atoms with E-state index in [2.05, 4.69) is 180 Å². The van der Waals surface area contributed by atoms with E-state index < -0.39 is 50.8 Å². The van der Waals surface area contributed by atoms with Gasteiger partial charge in [-0.1, -0.05) is 72.8 Å². The minimum absolute atomic E-state index is 0. The molecule has 0 aliphatic rings. The molecule has 0 aromatic carbocycles. The van der Waals surface area contributed by atoms with Crippen molar-refractivity contribution in [3.63, 3.8) is 0 Å². The van der Waals surface area contributed by atoms with E-state index in [0.717, 1.165) is 141 Å². The number of imidazole rings is 3. The Labute approximate surface area is 797 Å². The summed E-state index contributed by atoms with van der Waals surface area (Å²) in [6, 6.07) is 65.0. The number of nitrogens with zero attached hydrogens (tertiary/aromatic N) is 21. The molecule has 0 saturated carbocycles. The Balaban J connectivity index is 0.000000852. The monoisotopic (exact) mass is 2060 g/mol. The van der Waals surface area contributed by atoms with Crippen molar-refractivity contribution in [3.05, 3.63) is 346 Å². The molecule has 0 N–H and O–H groups in total. The van der Waals surface area contributed by atoms with Crippen molar-refractivity contribution in [2.75, 3.05) is 0 Å². The molecule has 0 aliphatic heterocycles. The van der Waals surface area contributed by atoms with Crippen LogP contribution >= 0.6 is 0 Å². The van der Waals surface area contributed by atoms with Crippen molar-refractivity contribution in [2.24, 2.45) is 0 Å². The van der Waals surface area contributed by atoms with E-state index in [9.17, 15) is 121 Å². The third-order valence-electron chi connectivity index (χ3n) is 14.9. The second-order valence-corrected chi connectivity index (χ2v) is 26.0. The van der Waals surface area contributed by atoms with Gasteiger partial charge in [0.2, 0.25) is 19.0 Å². The van der Waals surface area contributed by atoms with Crippen LogP contribution in [0.15, 0.2) is 313 Å². The normalized spacial score (nSPS) is 10.4. The number of hydrogen-bond acceptors (Lipinski definition) is 15. The number of pyridine rings is 12. The van der Waals surface area contributed by atoms with Gasteiger partial charge in [-0.25, -0.2) is 27.4 Å². The van der Waals surface area contributed by atoms with E-state index in [-0.39, 0.29) is 34.1 Å². The fourth-order valence-corrected chi connectivity index (χ4v) is 10.2. The minimum atomic E-state index is -6.00. The van der Waals surface area contributed by atoms with Crippen molar-refractivity contribution < 1.29 is 169 Å². The van der Waals surface area contributed by atoms with Crippen LogP contribution in [0.4, 0.5) is 121 Å². The summed E-state index contributed by atoms with van der Waals surface area (Å²) in [5.41, 5.74) is 17.5. The van der Waals surface area contributed by atoms with Crippen molar-refractivity contribution in [1.82, 2.24) is 73.5 Å². The van der Waals surface area contributed by atoms with Crippen LogP contribution < -0.4 is 13.7 Å². The summed E-state index contributed by atoms with van der Waals surface area (Å²) in [6.07, 6.45) is 40.9. The Morgan fingerprint density at radius 1 is 0.223 bits per heavy atom. The van der Waals surface area contributed by atoms with Gasteiger partial charge in [-0.2, -0.15) is 15.8 Å². The minimum Gasteiger partial charge on any atom is -0.418 e. The van der Waals surface area contributed by atoms with E-state index in [0.29, 0.717) is 0 Å². The molecule has 21 nitrogen and oxygen atoms in total. The SMILES string of the molecule is CC#N.CC#N.CC#N.F[B-](F)(F)F.F[B-](F)(F)F.F[B-](F)(F)F.F[B-](F)(F)F.F[B-](F)(F)F.F[B-](F)(F)F.F[B-](F)(F)F.[Fe+2].[Fe+2].c1ccc(-c2ccc(Cn3cc[n+](Cc4ccc(-c5ccccn5)nc4)c3)cn2)nc1.c1ccc(-c2ccc(Cn3cc[n+](Cc4ccc(-c5ccccn5)nc4)c3)cn2)nc1.c1ccc(-c2ccc(Cn3cc[n+](Cc4ccc(-c5ccccn5)nc4)c3)cn2)nc1. The van der Waals surface area contributed by atoms with Gasteiger partial charge in [-0.15, -0.1) is 0 Å². The molecule has 0 radical (unpaired) electrons. The molecule has 0 fully saturated rings. The van der Waals surface area contributed by atoms with Gasteiger partial charge in [-0.05, 0) is 109 Å². The van der Waals surface area contributed by atoms with E-state index >= 15 is 0 Å². The van der Waals surface area contributed by atoms with Crippen LogP contribution in [0.1, 0.15) is 54.2 Å². The summed E-state index contributed by atoms with van der Waals surface area (Å²) >= 11 is 0. The second kappa shape index (κ2) is 63.0. The Bertz CT molecular complexity index is 4990. The van der Waals surface area contributed by atoms with Gasteiger partial charge in [0.25, 0.3) is 0 Å². The van der Waals surface area contributed by atoms with Crippen LogP contribution in [0.25, 0.3) is 68.3 Å². The third-order valence-corrected chi connectivity index (χ3v) is 14.9. The fraction of sp³-hybridized carbons (Fsp3) is 0.111. The zero-order chi connectivity index (χ0) is 102. The zero-order valence-electron chi connectivity index (χ0n) is 71.9. The first-order valence-electron chi connectivity index (χ1n) is 38.6. The molecule has 0 spiro atoms. The molecule has 0 bridgehead atoms. The smallest absolute Gasteiger partial charge is 0.418 e. The zero-order valence-corrected chi connectivity index (χ0v) is 74.1. The summed E-state index contributed by atoms with van der Waals surface area (Å²) in [5.74, 6) is 0. The number of aromatic nitrogens is 18. The molecule has 15 aromatic rings. The van der Waals surface area contributed by atoms with E-state index in [4.69, 9.17) is 15.8 Å². The Kier molecular flexibility index (Phi) is 55.5. The Morgan fingerprint density at radius 2 is 0.360 bits per heavy atom. The summed E-state index contributed by atoms with van der Waals surface area (Å²) in [4.78, 5) is 53.4. The van der Waals surface area contributed by atoms with Gasteiger partial charge in [0.15, 0.2) is 0 Å². The topological polar surface area (TPSA) is 252 Å². The fourth-order valence-electron chi connectivity index (χ4n) is 10.2. The maximum absolute atomic E-state index is 9.75. The first-order valence-corrected chi connectivity index (χ1v) is 38.6. The van der Waals surface area contributed by atoms with Gasteiger partial charge in [0, 0.05) is 129 Å². The van der Waals surface area contributed by atoms with Crippen LogP contribution in [0, 0.1) is 34.0 Å². The third kappa shape index (κ3) is 64.2. The molecule has 0 aliphatic carbocycles. The predicted molar refractivity (Wildman–Crippen MR) is 458 cm³/mol. The van der Waals surface area contributed by atoms with Crippen molar-refractivity contribution >= 4 is 50.8 Å². The molecule has 15 rings (SSSR count). The first kappa shape index (κ1) is 122. The van der Waals surface area contributed by atoms with Gasteiger partial charge in [0.1, 0.15) is 76.4 Å². The van der Waals surface area contributed by atoms with Crippen LogP contribution in [0.2, 0.25) is 0 Å². The number of hydrogen-bond donors (Lipinski definition) is 0. The van der Waals surface area contributed by atoms with Crippen molar-refractivity contribution in [1.29, 1.82) is 15.8 Å². The first-order chi connectivity index (χ1) is 64.2. The quantitative estimate of drug-likeness (QED) is 0.0440. The molecule has 0 unspecified atom stereocenters. The number of rotatable bonds is 18. The van der Waals surface area contributed by atoms with Crippen LogP contribution in [-0.4, -0.2) is 124 Å². The number of halogens is 28. The average Bonchev–Trinajstić information content (AvgIpc) is 1.75. The van der Waals surface area contributed by atoms with Gasteiger partial charge in [-0.3, -0.25) is 59.8 Å². The summed E-state index contributed by atoms with van der Waals surface area (Å²) in [6.45, 7) is 8.87. The molecular weight excluding hydrogens is 1990 g/mol. The molecule has 58 heteroatoms. The summed E-state index contributed by atoms with van der Waals surface area (Å²) in [5, 5.41) is 22.0. The maximum atomic E-state index is 9.75. The molecule has 15 heterocycles. The van der Waals surface area contributed by atoms with Gasteiger partial charge < -0.3 is 121 Å². The van der Waals surface area contributed by atoms with E-state index in [1.54, 1.807) is 55.4 Å².